The average molecular weight is 201 g/mol. The van der Waals surface area contributed by atoms with Gasteiger partial charge in [0, 0.05) is 44.1 Å². The molecule has 0 nitrogen and oxygen atoms in total. The average Bonchev–Trinajstić information content (AvgIpc) is 0. The minimum absolute atomic E-state index is 0. The minimum Gasteiger partial charge on any atom is 0 e. The predicted octanol–water partition coefficient (Wildman–Crippen LogP) is -2.37. The maximum absolute atomic E-state index is 0. The standard InChI is InChI=1S/2Al.Nb.Ti.6H. The maximum Gasteiger partial charge on any atom is 0.187 e. The Morgan fingerprint density at radius 1 is 0.750 bits per heavy atom. The van der Waals surface area contributed by atoms with E-state index in [2.05, 4.69) is 0 Å². The van der Waals surface area contributed by atoms with Gasteiger partial charge in [-0.3, -0.25) is 0 Å². The van der Waals surface area contributed by atoms with Gasteiger partial charge in [-0.2, -0.15) is 0 Å². The Morgan fingerprint density at radius 3 is 0.750 bits per heavy atom. The Balaban J connectivity index is 0. The second kappa shape index (κ2) is 17.8. The van der Waals surface area contributed by atoms with Crippen molar-refractivity contribution in [1.82, 2.24) is 0 Å². The van der Waals surface area contributed by atoms with Crippen LogP contribution in [-0.4, -0.2) is 34.7 Å². The number of hydrogen-bond donors (Lipinski definition) is 0. The second-order valence-electron chi connectivity index (χ2n) is 0. The third-order valence-electron chi connectivity index (χ3n) is 0. The van der Waals surface area contributed by atoms with E-state index in [9.17, 15) is 0 Å². The van der Waals surface area contributed by atoms with E-state index in [-0.39, 0.29) is 78.8 Å². The van der Waals surface area contributed by atoms with Gasteiger partial charge < -0.3 is 0 Å². The molecular formula is H6Al2NbTi. The molecule has 0 aliphatic rings. The molecule has 0 unspecified atom stereocenters. The van der Waals surface area contributed by atoms with E-state index < -0.39 is 0 Å². The Labute approximate surface area is 77.8 Å². The van der Waals surface area contributed by atoms with Crippen molar-refractivity contribution in [3.63, 3.8) is 0 Å². The van der Waals surface area contributed by atoms with Crippen LogP contribution in [0.1, 0.15) is 0 Å². The molecule has 0 saturated carbocycles. The summed E-state index contributed by atoms with van der Waals surface area (Å²) in [5.41, 5.74) is 0. The van der Waals surface area contributed by atoms with Gasteiger partial charge in [0.25, 0.3) is 0 Å². The van der Waals surface area contributed by atoms with Crippen molar-refractivity contribution in [2.75, 3.05) is 0 Å². The zero-order valence-corrected chi connectivity index (χ0v) is 4.71. The molecule has 0 amide bonds. The van der Waals surface area contributed by atoms with Crippen LogP contribution in [0.25, 0.3) is 0 Å². The van der Waals surface area contributed by atoms with Crippen LogP contribution in [0.3, 0.4) is 0 Å². The normalized spacial score (nSPS) is 0. The zero-order chi connectivity index (χ0) is 0. The minimum atomic E-state index is 0. The molecule has 0 spiro atoms. The molecule has 21 valence electrons. The van der Waals surface area contributed by atoms with Gasteiger partial charge in [0.15, 0.2) is 34.7 Å². The largest absolute Gasteiger partial charge is 0.187 e. The van der Waals surface area contributed by atoms with Crippen molar-refractivity contribution >= 4 is 34.7 Å². The van der Waals surface area contributed by atoms with Crippen molar-refractivity contribution in [1.29, 1.82) is 0 Å². The predicted molar refractivity (Wildman–Crippen MR) is 19.9 cm³/mol. The van der Waals surface area contributed by atoms with Gasteiger partial charge >= 0.3 is 0 Å². The van der Waals surface area contributed by atoms with Crippen LogP contribution in [0.5, 0.6) is 0 Å². The maximum atomic E-state index is 0. The first-order valence-corrected chi connectivity index (χ1v) is 0. The first-order valence-electron chi connectivity index (χ1n) is 0. The van der Waals surface area contributed by atoms with Crippen molar-refractivity contribution < 1.29 is 44.1 Å². The van der Waals surface area contributed by atoms with E-state index in [0.29, 0.717) is 0 Å². The van der Waals surface area contributed by atoms with E-state index in [0.717, 1.165) is 0 Å². The Kier molecular flexibility index (Phi) is 139. The Hall–Kier alpha value is 2.52. The molecule has 0 rings (SSSR count). The van der Waals surface area contributed by atoms with Gasteiger partial charge in [-0.1, -0.05) is 0 Å². The summed E-state index contributed by atoms with van der Waals surface area (Å²) in [5, 5.41) is 0. The fourth-order valence-corrected chi connectivity index (χ4v) is 0. The topological polar surface area (TPSA) is 0 Å². The van der Waals surface area contributed by atoms with Crippen molar-refractivity contribution in [2.24, 2.45) is 0 Å². The van der Waals surface area contributed by atoms with Gasteiger partial charge in [-0.05, 0) is 0 Å². The monoisotopic (exact) mass is 201 g/mol. The van der Waals surface area contributed by atoms with Crippen LogP contribution in [0.4, 0.5) is 0 Å². The molecule has 0 aromatic heterocycles. The molecule has 0 saturated heterocycles. The summed E-state index contributed by atoms with van der Waals surface area (Å²) in [6.45, 7) is 0. The van der Waals surface area contributed by atoms with E-state index in [4.69, 9.17) is 0 Å². The number of hydrogen-bond acceptors (Lipinski definition) is 0. The summed E-state index contributed by atoms with van der Waals surface area (Å²) in [6.07, 6.45) is 0. The fraction of sp³-hybridized carbons (Fsp3) is 0. The molecule has 1 radical (unpaired) electrons. The zero-order valence-electron chi connectivity index (χ0n) is 0.947. The molecule has 0 bridgehead atoms. The summed E-state index contributed by atoms with van der Waals surface area (Å²) in [6, 6.07) is 0. The number of rotatable bonds is 0. The molecule has 0 heterocycles. The molecule has 0 fully saturated rings. The first-order chi connectivity index (χ1) is 0. The van der Waals surface area contributed by atoms with Crippen LogP contribution in [0.15, 0.2) is 0 Å². The molecule has 0 N–H and O–H groups in total. The summed E-state index contributed by atoms with van der Waals surface area (Å²) in [7, 11) is 0. The molecule has 4 heavy (non-hydrogen) atoms. The van der Waals surface area contributed by atoms with Gasteiger partial charge in [0.1, 0.15) is 0 Å². The van der Waals surface area contributed by atoms with Crippen molar-refractivity contribution in [3.05, 3.63) is 0 Å². The molecule has 0 aliphatic heterocycles. The van der Waals surface area contributed by atoms with Gasteiger partial charge in [0.2, 0.25) is 0 Å². The molecule has 4 heteroatoms. The van der Waals surface area contributed by atoms with Crippen molar-refractivity contribution in [2.45, 2.75) is 0 Å². The SMILES string of the molecule is [AlH3].[AlH3].[Nb].[Ti]. The smallest absolute Gasteiger partial charge is 0 e. The van der Waals surface area contributed by atoms with Gasteiger partial charge in [-0.25, -0.2) is 0 Å². The van der Waals surface area contributed by atoms with E-state index >= 15 is 0 Å². The second-order valence-corrected chi connectivity index (χ2v) is 0. The Morgan fingerprint density at radius 2 is 0.750 bits per heavy atom. The van der Waals surface area contributed by atoms with Crippen molar-refractivity contribution in [3.8, 4) is 0 Å². The van der Waals surface area contributed by atoms with Crippen LogP contribution in [0.2, 0.25) is 0 Å². The summed E-state index contributed by atoms with van der Waals surface area (Å²) in [5.74, 6) is 0. The van der Waals surface area contributed by atoms with E-state index in [1.165, 1.54) is 0 Å². The molecule has 0 atom stereocenters. The van der Waals surface area contributed by atoms with Crippen LogP contribution < -0.4 is 0 Å². The van der Waals surface area contributed by atoms with Crippen LogP contribution in [0, 0.1) is 0 Å². The van der Waals surface area contributed by atoms with Gasteiger partial charge in [-0.15, -0.1) is 0 Å². The van der Waals surface area contributed by atoms with Crippen LogP contribution >= 0.6 is 0 Å². The fourth-order valence-electron chi connectivity index (χ4n) is 0. The first kappa shape index (κ1) is 31.3. The third-order valence-corrected chi connectivity index (χ3v) is 0. The van der Waals surface area contributed by atoms with E-state index in [1.807, 2.05) is 0 Å². The summed E-state index contributed by atoms with van der Waals surface area (Å²) >= 11 is 0. The quantitative estimate of drug-likeness (QED) is 0.384. The molecule has 0 aromatic rings. The molecular weight excluding hydrogens is 195 g/mol. The van der Waals surface area contributed by atoms with Crippen LogP contribution in [-0.2, 0) is 44.1 Å². The van der Waals surface area contributed by atoms with E-state index in [1.54, 1.807) is 0 Å². The molecule has 0 aromatic carbocycles. The Bertz CT molecular complexity index is 6.00. The summed E-state index contributed by atoms with van der Waals surface area (Å²) in [4.78, 5) is 0. The molecule has 0 aliphatic carbocycles. The van der Waals surface area contributed by atoms with Gasteiger partial charge in [0.05, 0.1) is 0 Å². The third kappa shape index (κ3) is 8.82. The summed E-state index contributed by atoms with van der Waals surface area (Å²) < 4.78 is 0.